The van der Waals surface area contributed by atoms with Crippen LogP contribution in [0.25, 0.3) is 0 Å². The molecule has 0 heterocycles. The fourth-order valence-electron chi connectivity index (χ4n) is 1.81. The van der Waals surface area contributed by atoms with Crippen LogP contribution in [0.4, 0.5) is 5.69 Å². The van der Waals surface area contributed by atoms with E-state index in [-0.39, 0.29) is 4.90 Å². The summed E-state index contributed by atoms with van der Waals surface area (Å²) in [4.78, 5) is 0.138. The lowest BCUT2D eigenvalue weighted by Gasteiger charge is -2.17. The third-order valence-corrected chi connectivity index (χ3v) is 3.31. The van der Waals surface area contributed by atoms with Crippen molar-refractivity contribution in [3.05, 3.63) is 24.3 Å². The van der Waals surface area contributed by atoms with Gasteiger partial charge < -0.3 is 5.32 Å². The summed E-state index contributed by atoms with van der Waals surface area (Å²) in [6, 6.07) is 6.88. The molecule has 0 radical (unpaired) electrons. The molecule has 1 rings (SSSR count). The molecule has 3 N–H and O–H groups in total. The smallest absolute Gasteiger partial charge is 0.238 e. The van der Waals surface area contributed by atoms with Gasteiger partial charge in [-0.15, -0.1) is 0 Å². The van der Waals surface area contributed by atoms with E-state index >= 15 is 0 Å². The van der Waals surface area contributed by atoms with E-state index < -0.39 is 10.0 Å². The quantitative estimate of drug-likeness (QED) is 0.848. The van der Waals surface area contributed by atoms with Crippen LogP contribution in [0, 0.1) is 5.92 Å². The Morgan fingerprint density at radius 2 is 1.94 bits per heavy atom. The maximum atomic E-state index is 11.2. The fraction of sp³-hybridized carbons (Fsp3) is 0.500. The third kappa shape index (κ3) is 4.75. The largest absolute Gasteiger partial charge is 0.383 e. The van der Waals surface area contributed by atoms with Gasteiger partial charge in [0.2, 0.25) is 10.0 Å². The first-order valence-corrected chi connectivity index (χ1v) is 7.23. The van der Waals surface area contributed by atoms with Crippen LogP contribution in [0.2, 0.25) is 0 Å². The molecule has 0 saturated heterocycles. The van der Waals surface area contributed by atoms with Crippen LogP contribution in [-0.2, 0) is 10.0 Å². The number of sulfonamides is 1. The summed E-state index contributed by atoms with van der Waals surface area (Å²) < 4.78 is 22.4. The average Bonchev–Trinajstić information content (AvgIpc) is 2.15. The maximum absolute atomic E-state index is 11.2. The number of nitrogens with two attached hydrogens (primary N) is 1. The van der Waals surface area contributed by atoms with Gasteiger partial charge in [-0.05, 0) is 37.5 Å². The average molecular weight is 256 g/mol. The second-order valence-electron chi connectivity index (χ2n) is 4.75. The molecule has 1 unspecified atom stereocenters. The Labute approximate surface area is 103 Å². The first-order valence-electron chi connectivity index (χ1n) is 5.68. The lowest BCUT2D eigenvalue weighted by atomic mass is 10.1. The minimum Gasteiger partial charge on any atom is -0.383 e. The number of anilines is 1. The van der Waals surface area contributed by atoms with E-state index in [0.29, 0.717) is 12.0 Å². The highest BCUT2D eigenvalue weighted by Crippen LogP contribution is 2.16. The van der Waals surface area contributed by atoms with Gasteiger partial charge in [-0.3, -0.25) is 0 Å². The molecule has 1 aromatic carbocycles. The highest BCUT2D eigenvalue weighted by molar-refractivity contribution is 7.89. The van der Waals surface area contributed by atoms with Gasteiger partial charge in [-0.1, -0.05) is 19.9 Å². The van der Waals surface area contributed by atoms with Gasteiger partial charge in [0.05, 0.1) is 4.90 Å². The molecule has 0 bridgehead atoms. The van der Waals surface area contributed by atoms with Crippen LogP contribution in [0.3, 0.4) is 0 Å². The Balaban J connectivity index is 2.80. The summed E-state index contributed by atoms with van der Waals surface area (Å²) in [6.45, 7) is 6.38. The minimum absolute atomic E-state index is 0.138. The van der Waals surface area contributed by atoms with Gasteiger partial charge in [0.25, 0.3) is 0 Å². The van der Waals surface area contributed by atoms with Crippen molar-refractivity contribution >= 4 is 15.7 Å². The Kier molecular flexibility index (Phi) is 4.54. The number of nitrogens with one attached hydrogen (secondary N) is 1. The van der Waals surface area contributed by atoms with E-state index in [1.165, 1.54) is 6.07 Å². The molecule has 0 aromatic heterocycles. The summed E-state index contributed by atoms with van der Waals surface area (Å²) in [6.07, 6.45) is 1.03. The highest BCUT2D eigenvalue weighted by Gasteiger charge is 2.09. The maximum Gasteiger partial charge on any atom is 0.238 e. The Bertz CT molecular complexity index is 469. The van der Waals surface area contributed by atoms with Gasteiger partial charge in [0.1, 0.15) is 0 Å². The van der Waals surface area contributed by atoms with E-state index in [1.54, 1.807) is 12.1 Å². The van der Waals surface area contributed by atoms with Crippen molar-refractivity contribution in [3.63, 3.8) is 0 Å². The van der Waals surface area contributed by atoms with Crippen LogP contribution < -0.4 is 10.5 Å². The molecule has 0 saturated carbocycles. The summed E-state index contributed by atoms with van der Waals surface area (Å²) in [5, 5.41) is 8.35. The SMILES string of the molecule is CC(C)CC(C)Nc1cccc(S(N)(=O)=O)c1. The van der Waals surface area contributed by atoms with Crippen molar-refractivity contribution in [1.29, 1.82) is 0 Å². The molecule has 0 aliphatic heterocycles. The molecule has 0 amide bonds. The normalized spacial score (nSPS) is 13.7. The number of primary sulfonamides is 1. The first kappa shape index (κ1) is 14.0. The molecule has 0 aliphatic rings. The van der Waals surface area contributed by atoms with Gasteiger partial charge in [0.15, 0.2) is 0 Å². The lowest BCUT2D eigenvalue weighted by Crippen LogP contribution is -2.18. The van der Waals surface area contributed by atoms with Crippen LogP contribution in [-0.4, -0.2) is 14.5 Å². The predicted molar refractivity (Wildman–Crippen MR) is 70.4 cm³/mol. The number of benzene rings is 1. The van der Waals surface area contributed by atoms with Crippen LogP contribution in [0.5, 0.6) is 0 Å². The number of hydrogen-bond acceptors (Lipinski definition) is 3. The Hall–Kier alpha value is -1.07. The molecule has 4 nitrogen and oxygen atoms in total. The molecule has 96 valence electrons. The zero-order valence-electron chi connectivity index (χ0n) is 10.5. The monoisotopic (exact) mass is 256 g/mol. The summed E-state index contributed by atoms with van der Waals surface area (Å²) >= 11 is 0. The standard InChI is InChI=1S/C12H20N2O2S/c1-9(2)7-10(3)14-11-5-4-6-12(8-11)17(13,15)16/h4-6,8-10,14H,7H2,1-3H3,(H2,13,15,16). The zero-order valence-corrected chi connectivity index (χ0v) is 11.3. The summed E-state index contributed by atoms with van der Waals surface area (Å²) in [5.41, 5.74) is 0.782. The number of rotatable bonds is 5. The summed E-state index contributed by atoms with van der Waals surface area (Å²) in [7, 11) is -3.62. The second kappa shape index (κ2) is 5.51. The van der Waals surface area contributed by atoms with Crippen LogP contribution in [0.15, 0.2) is 29.2 Å². The molecular weight excluding hydrogens is 236 g/mol. The molecule has 17 heavy (non-hydrogen) atoms. The predicted octanol–water partition coefficient (Wildman–Crippen LogP) is 2.18. The van der Waals surface area contributed by atoms with E-state index in [9.17, 15) is 8.42 Å². The zero-order chi connectivity index (χ0) is 13.1. The second-order valence-corrected chi connectivity index (χ2v) is 6.31. The molecule has 0 aliphatic carbocycles. The van der Waals surface area contributed by atoms with Crippen molar-refractivity contribution in [2.24, 2.45) is 11.1 Å². The van der Waals surface area contributed by atoms with Crippen LogP contribution >= 0.6 is 0 Å². The molecule has 1 atom stereocenters. The van der Waals surface area contributed by atoms with Gasteiger partial charge in [-0.2, -0.15) is 0 Å². The molecule has 0 spiro atoms. The highest BCUT2D eigenvalue weighted by atomic mass is 32.2. The molecule has 0 fully saturated rings. The Morgan fingerprint density at radius 3 is 2.47 bits per heavy atom. The van der Waals surface area contributed by atoms with Crippen molar-refractivity contribution in [2.75, 3.05) is 5.32 Å². The van der Waals surface area contributed by atoms with Gasteiger partial charge in [-0.25, -0.2) is 13.6 Å². The fourth-order valence-corrected chi connectivity index (χ4v) is 2.37. The van der Waals surface area contributed by atoms with Crippen molar-refractivity contribution in [2.45, 2.75) is 38.1 Å². The topological polar surface area (TPSA) is 72.2 Å². The molecule has 5 heteroatoms. The van der Waals surface area contributed by atoms with E-state index in [2.05, 4.69) is 26.1 Å². The van der Waals surface area contributed by atoms with E-state index in [1.807, 2.05) is 6.07 Å². The van der Waals surface area contributed by atoms with Crippen LogP contribution in [0.1, 0.15) is 27.2 Å². The van der Waals surface area contributed by atoms with Crippen molar-refractivity contribution in [1.82, 2.24) is 0 Å². The molecular formula is C12H20N2O2S. The van der Waals surface area contributed by atoms with E-state index in [0.717, 1.165) is 12.1 Å². The third-order valence-electron chi connectivity index (χ3n) is 2.40. The Morgan fingerprint density at radius 1 is 1.29 bits per heavy atom. The van der Waals surface area contributed by atoms with Gasteiger partial charge in [0, 0.05) is 11.7 Å². The minimum atomic E-state index is -3.62. The summed E-state index contributed by atoms with van der Waals surface area (Å²) in [5.74, 6) is 0.596. The van der Waals surface area contributed by atoms with Crippen molar-refractivity contribution in [3.8, 4) is 0 Å². The molecule has 1 aromatic rings. The van der Waals surface area contributed by atoms with Gasteiger partial charge >= 0.3 is 0 Å². The lowest BCUT2D eigenvalue weighted by molar-refractivity contribution is 0.539. The first-order chi connectivity index (χ1) is 7.79. The van der Waals surface area contributed by atoms with E-state index in [4.69, 9.17) is 5.14 Å². The number of hydrogen-bond donors (Lipinski definition) is 2. The van der Waals surface area contributed by atoms with Crippen molar-refractivity contribution < 1.29 is 8.42 Å².